The van der Waals surface area contributed by atoms with E-state index in [4.69, 9.17) is 0 Å². The Morgan fingerprint density at radius 1 is 1.58 bits per heavy atom. The third-order valence-corrected chi connectivity index (χ3v) is 2.13. The van der Waals surface area contributed by atoms with Crippen molar-refractivity contribution < 1.29 is 5.11 Å². The molecule has 12 heavy (non-hydrogen) atoms. The molecule has 4 nitrogen and oxygen atoms in total. The predicted molar refractivity (Wildman–Crippen MR) is 45.6 cm³/mol. The predicted octanol–water partition coefficient (Wildman–Crippen LogP) is 0.374. The van der Waals surface area contributed by atoms with Crippen LogP contribution in [-0.4, -0.2) is 26.0 Å². The molecule has 1 rings (SSSR count). The zero-order chi connectivity index (χ0) is 9.14. The summed E-state index contributed by atoms with van der Waals surface area (Å²) in [5, 5.41) is 17.0. The number of aliphatic hydroxyl groups is 1. The van der Waals surface area contributed by atoms with Gasteiger partial charge in [0.25, 0.3) is 0 Å². The summed E-state index contributed by atoms with van der Waals surface area (Å²) in [5.41, 5.74) is 0. The molecule has 0 fully saturated rings. The molecule has 0 spiro atoms. The van der Waals surface area contributed by atoms with Crippen molar-refractivity contribution in [3.8, 4) is 0 Å². The molecule has 0 aliphatic heterocycles. The molecule has 1 aromatic rings. The number of aromatic nitrogens is 3. The number of rotatable bonds is 3. The largest absolute Gasteiger partial charge is 0.393 e. The lowest BCUT2D eigenvalue weighted by Gasteiger charge is -2.12. The highest BCUT2D eigenvalue weighted by molar-refractivity contribution is 4.86. The zero-order valence-electron chi connectivity index (χ0n) is 7.73. The summed E-state index contributed by atoms with van der Waals surface area (Å²) in [5.74, 6) is 1.15. The van der Waals surface area contributed by atoms with Gasteiger partial charge in [0, 0.05) is 13.5 Å². The van der Waals surface area contributed by atoms with Gasteiger partial charge in [0.1, 0.15) is 12.2 Å². The standard InChI is InChI=1S/C8H15N3O/c1-6(7(2)12)4-8-10-9-5-11(8)3/h5-7,12H,4H2,1-3H3. The lowest BCUT2D eigenvalue weighted by molar-refractivity contribution is 0.133. The first-order valence-electron chi connectivity index (χ1n) is 4.12. The minimum atomic E-state index is -0.290. The molecule has 4 heteroatoms. The fraction of sp³-hybridized carbons (Fsp3) is 0.750. The van der Waals surface area contributed by atoms with Gasteiger partial charge in [-0.25, -0.2) is 0 Å². The van der Waals surface area contributed by atoms with Crippen molar-refractivity contribution in [1.29, 1.82) is 0 Å². The van der Waals surface area contributed by atoms with Crippen LogP contribution in [0.2, 0.25) is 0 Å². The average Bonchev–Trinajstić information content (AvgIpc) is 2.36. The molecule has 0 aliphatic carbocycles. The van der Waals surface area contributed by atoms with Gasteiger partial charge >= 0.3 is 0 Å². The first-order valence-corrected chi connectivity index (χ1v) is 4.12. The van der Waals surface area contributed by atoms with E-state index in [1.807, 2.05) is 18.5 Å². The molecule has 0 aromatic carbocycles. The molecular weight excluding hydrogens is 154 g/mol. The van der Waals surface area contributed by atoms with Gasteiger partial charge in [0.05, 0.1) is 6.10 Å². The van der Waals surface area contributed by atoms with Crippen LogP contribution in [-0.2, 0) is 13.5 Å². The summed E-state index contributed by atoms with van der Waals surface area (Å²) in [6, 6.07) is 0. The highest BCUT2D eigenvalue weighted by atomic mass is 16.3. The molecule has 1 aromatic heterocycles. The fourth-order valence-electron chi connectivity index (χ4n) is 0.950. The maximum absolute atomic E-state index is 9.25. The first kappa shape index (κ1) is 9.19. The monoisotopic (exact) mass is 169 g/mol. The van der Waals surface area contributed by atoms with Crippen molar-refractivity contribution in [2.45, 2.75) is 26.4 Å². The van der Waals surface area contributed by atoms with E-state index in [1.54, 1.807) is 13.3 Å². The maximum atomic E-state index is 9.25. The van der Waals surface area contributed by atoms with Crippen LogP contribution in [0.1, 0.15) is 19.7 Å². The lowest BCUT2D eigenvalue weighted by Crippen LogP contribution is -2.17. The smallest absolute Gasteiger partial charge is 0.132 e. The summed E-state index contributed by atoms with van der Waals surface area (Å²) < 4.78 is 1.87. The molecule has 1 heterocycles. The van der Waals surface area contributed by atoms with Gasteiger partial charge in [-0.2, -0.15) is 0 Å². The SMILES string of the molecule is CC(O)C(C)Cc1nncn1C. The van der Waals surface area contributed by atoms with Crippen LogP contribution in [0.4, 0.5) is 0 Å². The fourth-order valence-corrected chi connectivity index (χ4v) is 0.950. The topological polar surface area (TPSA) is 50.9 Å². The summed E-state index contributed by atoms with van der Waals surface area (Å²) in [6.07, 6.45) is 2.15. The molecule has 68 valence electrons. The van der Waals surface area contributed by atoms with Crippen molar-refractivity contribution in [3.05, 3.63) is 12.2 Å². The molecule has 0 radical (unpaired) electrons. The van der Waals surface area contributed by atoms with Crippen molar-refractivity contribution in [3.63, 3.8) is 0 Å². The van der Waals surface area contributed by atoms with Crippen molar-refractivity contribution in [2.75, 3.05) is 0 Å². The molecule has 1 N–H and O–H groups in total. The van der Waals surface area contributed by atoms with Gasteiger partial charge in [-0.15, -0.1) is 10.2 Å². The van der Waals surface area contributed by atoms with Gasteiger partial charge in [0.2, 0.25) is 0 Å². The Morgan fingerprint density at radius 2 is 2.25 bits per heavy atom. The Hall–Kier alpha value is -0.900. The van der Waals surface area contributed by atoms with Gasteiger partial charge in [-0.3, -0.25) is 0 Å². The van der Waals surface area contributed by atoms with Crippen molar-refractivity contribution in [1.82, 2.24) is 14.8 Å². The second-order valence-corrected chi connectivity index (χ2v) is 3.28. The first-order chi connectivity index (χ1) is 5.61. The third-order valence-electron chi connectivity index (χ3n) is 2.13. The Kier molecular flexibility index (Phi) is 2.81. The molecule has 0 saturated carbocycles. The van der Waals surface area contributed by atoms with E-state index in [0.29, 0.717) is 0 Å². The average molecular weight is 169 g/mol. The quantitative estimate of drug-likeness (QED) is 0.711. The van der Waals surface area contributed by atoms with E-state index in [1.165, 1.54) is 0 Å². The van der Waals surface area contributed by atoms with Crippen LogP contribution < -0.4 is 0 Å². The molecule has 0 saturated heterocycles. The normalized spacial score (nSPS) is 16.0. The van der Waals surface area contributed by atoms with E-state index in [2.05, 4.69) is 10.2 Å². The van der Waals surface area contributed by atoms with E-state index in [9.17, 15) is 5.11 Å². The number of hydrogen-bond acceptors (Lipinski definition) is 3. The van der Waals surface area contributed by atoms with Crippen LogP contribution >= 0.6 is 0 Å². The Morgan fingerprint density at radius 3 is 2.67 bits per heavy atom. The van der Waals surface area contributed by atoms with Crippen LogP contribution in [0.5, 0.6) is 0 Å². The van der Waals surface area contributed by atoms with E-state index >= 15 is 0 Å². The highest BCUT2D eigenvalue weighted by Gasteiger charge is 2.12. The third kappa shape index (κ3) is 2.04. The van der Waals surface area contributed by atoms with Crippen LogP contribution in [0.15, 0.2) is 6.33 Å². The maximum Gasteiger partial charge on any atom is 0.132 e. The van der Waals surface area contributed by atoms with Crippen LogP contribution in [0, 0.1) is 5.92 Å². The van der Waals surface area contributed by atoms with Crippen molar-refractivity contribution >= 4 is 0 Å². The van der Waals surface area contributed by atoms with Gasteiger partial charge < -0.3 is 9.67 Å². The molecule has 0 amide bonds. The highest BCUT2D eigenvalue weighted by Crippen LogP contribution is 2.08. The number of hydrogen-bond donors (Lipinski definition) is 1. The van der Waals surface area contributed by atoms with E-state index in [-0.39, 0.29) is 12.0 Å². The molecule has 0 bridgehead atoms. The van der Waals surface area contributed by atoms with Gasteiger partial charge in [-0.1, -0.05) is 6.92 Å². The minimum Gasteiger partial charge on any atom is -0.393 e. The molecule has 2 unspecified atom stereocenters. The molecular formula is C8H15N3O. The second kappa shape index (κ2) is 3.67. The van der Waals surface area contributed by atoms with E-state index in [0.717, 1.165) is 12.2 Å². The Labute approximate surface area is 72.2 Å². The Balaban J connectivity index is 2.58. The number of nitrogens with zero attached hydrogens (tertiary/aromatic N) is 3. The van der Waals surface area contributed by atoms with Crippen molar-refractivity contribution in [2.24, 2.45) is 13.0 Å². The van der Waals surface area contributed by atoms with Crippen LogP contribution in [0.25, 0.3) is 0 Å². The summed E-state index contributed by atoms with van der Waals surface area (Å²) in [6.45, 7) is 3.79. The van der Waals surface area contributed by atoms with Crippen LogP contribution in [0.3, 0.4) is 0 Å². The van der Waals surface area contributed by atoms with E-state index < -0.39 is 0 Å². The summed E-state index contributed by atoms with van der Waals surface area (Å²) in [4.78, 5) is 0. The summed E-state index contributed by atoms with van der Waals surface area (Å²) in [7, 11) is 1.91. The van der Waals surface area contributed by atoms with Gasteiger partial charge in [0.15, 0.2) is 0 Å². The molecule has 0 aliphatic rings. The van der Waals surface area contributed by atoms with Gasteiger partial charge in [-0.05, 0) is 12.8 Å². The second-order valence-electron chi connectivity index (χ2n) is 3.28. The molecule has 2 atom stereocenters. The number of aliphatic hydroxyl groups excluding tert-OH is 1. The Bertz CT molecular complexity index is 244. The lowest BCUT2D eigenvalue weighted by atomic mass is 10.0. The zero-order valence-corrected chi connectivity index (χ0v) is 7.73. The number of aryl methyl sites for hydroxylation is 1. The summed E-state index contributed by atoms with van der Waals surface area (Å²) >= 11 is 0. The minimum absolute atomic E-state index is 0.230.